The third-order valence-corrected chi connectivity index (χ3v) is 5.03. The summed E-state index contributed by atoms with van der Waals surface area (Å²) >= 11 is 4.74. The normalized spacial score (nSPS) is 17.0. The van der Waals surface area contributed by atoms with Crippen molar-refractivity contribution in [2.75, 3.05) is 14.2 Å². The lowest BCUT2D eigenvalue weighted by Gasteiger charge is -2.07. The number of halogens is 1. The van der Waals surface area contributed by atoms with Crippen LogP contribution in [0.2, 0.25) is 0 Å². The van der Waals surface area contributed by atoms with Crippen LogP contribution < -0.4 is 14.8 Å². The lowest BCUT2D eigenvalue weighted by molar-refractivity contribution is -0.115. The molecule has 1 saturated heterocycles. The van der Waals surface area contributed by atoms with Crippen molar-refractivity contribution in [3.8, 4) is 11.5 Å². The molecule has 0 spiro atoms. The standard InChI is InChI=1S/C18H15BrN2O3S/c1-23-12-8-7-11(15(10-12)24-2)9-16-17(22)21-18(25-16)20-14-6-4-3-5-13(14)19/h3-10H,1-2H3,(H,20,21,22). The van der Waals surface area contributed by atoms with Crippen LogP contribution in [-0.4, -0.2) is 25.3 Å². The maximum atomic E-state index is 12.2. The number of amides is 1. The van der Waals surface area contributed by atoms with Gasteiger partial charge in [0.05, 0.1) is 24.8 Å². The first-order valence-corrected chi connectivity index (χ1v) is 8.98. The molecular weight excluding hydrogens is 404 g/mol. The average Bonchev–Trinajstić information content (AvgIpc) is 2.96. The number of hydrogen-bond acceptors (Lipinski definition) is 5. The van der Waals surface area contributed by atoms with Gasteiger partial charge in [0.15, 0.2) is 5.17 Å². The highest BCUT2D eigenvalue weighted by atomic mass is 79.9. The number of carbonyl (C=O) groups excluding carboxylic acids is 1. The van der Waals surface area contributed by atoms with Gasteiger partial charge in [-0.05, 0) is 58.0 Å². The molecule has 3 rings (SSSR count). The summed E-state index contributed by atoms with van der Waals surface area (Å²) in [6, 6.07) is 13.0. The molecule has 0 saturated carbocycles. The fourth-order valence-electron chi connectivity index (χ4n) is 2.21. The number of hydrogen-bond donors (Lipinski definition) is 1. The second-order valence-corrected chi connectivity index (χ2v) is 6.93. The van der Waals surface area contributed by atoms with Crippen LogP contribution in [0, 0.1) is 0 Å². The summed E-state index contributed by atoms with van der Waals surface area (Å²) in [5, 5.41) is 3.32. The van der Waals surface area contributed by atoms with E-state index in [2.05, 4.69) is 26.2 Å². The highest BCUT2D eigenvalue weighted by Gasteiger charge is 2.24. The van der Waals surface area contributed by atoms with Crippen molar-refractivity contribution < 1.29 is 14.3 Å². The van der Waals surface area contributed by atoms with Crippen molar-refractivity contribution in [1.82, 2.24) is 5.32 Å². The number of benzene rings is 2. The van der Waals surface area contributed by atoms with Gasteiger partial charge in [-0.3, -0.25) is 4.79 Å². The van der Waals surface area contributed by atoms with Crippen LogP contribution >= 0.6 is 27.7 Å². The van der Waals surface area contributed by atoms with Crippen molar-refractivity contribution in [3.63, 3.8) is 0 Å². The van der Waals surface area contributed by atoms with E-state index in [4.69, 9.17) is 9.47 Å². The summed E-state index contributed by atoms with van der Waals surface area (Å²) < 4.78 is 11.4. The first kappa shape index (κ1) is 17.6. The van der Waals surface area contributed by atoms with E-state index in [1.165, 1.54) is 11.8 Å². The first-order valence-electron chi connectivity index (χ1n) is 7.37. The number of nitrogens with one attached hydrogen (secondary N) is 1. The Labute approximate surface area is 158 Å². The van der Waals surface area contributed by atoms with Crippen molar-refractivity contribution in [1.29, 1.82) is 0 Å². The number of para-hydroxylation sites is 1. The third-order valence-electron chi connectivity index (χ3n) is 3.45. The zero-order chi connectivity index (χ0) is 17.8. The minimum atomic E-state index is -0.186. The summed E-state index contributed by atoms with van der Waals surface area (Å²) in [7, 11) is 3.18. The minimum Gasteiger partial charge on any atom is -0.497 e. The Morgan fingerprint density at radius 2 is 1.96 bits per heavy atom. The van der Waals surface area contributed by atoms with E-state index in [0.717, 1.165) is 15.7 Å². The highest BCUT2D eigenvalue weighted by Crippen LogP contribution is 2.33. The zero-order valence-electron chi connectivity index (χ0n) is 13.6. The fourth-order valence-corrected chi connectivity index (χ4v) is 3.41. The molecule has 1 N–H and O–H groups in total. The lowest BCUT2D eigenvalue weighted by Crippen LogP contribution is -2.19. The van der Waals surface area contributed by atoms with Crippen LogP contribution in [0.3, 0.4) is 0 Å². The second-order valence-electron chi connectivity index (χ2n) is 5.04. The molecule has 0 unspecified atom stereocenters. The summed E-state index contributed by atoms with van der Waals surface area (Å²) in [5.74, 6) is 1.14. The third kappa shape index (κ3) is 4.05. The average molecular weight is 419 g/mol. The molecule has 1 heterocycles. The van der Waals surface area contributed by atoms with Crippen LogP contribution in [0.25, 0.3) is 6.08 Å². The lowest BCUT2D eigenvalue weighted by atomic mass is 10.1. The molecule has 128 valence electrons. The van der Waals surface area contributed by atoms with Gasteiger partial charge in [-0.2, -0.15) is 0 Å². The second kappa shape index (κ2) is 7.76. The van der Waals surface area contributed by atoms with Crippen LogP contribution in [-0.2, 0) is 4.79 Å². The van der Waals surface area contributed by atoms with E-state index in [9.17, 15) is 4.79 Å². The molecule has 0 aromatic heterocycles. The molecule has 5 nitrogen and oxygen atoms in total. The molecule has 0 aliphatic carbocycles. The Balaban J connectivity index is 1.88. The van der Waals surface area contributed by atoms with Gasteiger partial charge in [0.1, 0.15) is 11.5 Å². The van der Waals surface area contributed by atoms with Gasteiger partial charge in [0.25, 0.3) is 5.91 Å². The fraction of sp³-hybridized carbons (Fsp3) is 0.111. The maximum absolute atomic E-state index is 12.2. The van der Waals surface area contributed by atoms with E-state index < -0.39 is 0 Å². The molecule has 1 fully saturated rings. The van der Waals surface area contributed by atoms with Crippen LogP contribution in [0.1, 0.15) is 5.56 Å². The first-order chi connectivity index (χ1) is 12.1. The maximum Gasteiger partial charge on any atom is 0.264 e. The molecule has 1 aliphatic rings. The van der Waals surface area contributed by atoms with Crippen LogP contribution in [0.5, 0.6) is 11.5 Å². The number of aliphatic imine (C=N–C) groups is 1. The summed E-state index contributed by atoms with van der Waals surface area (Å²) in [6.45, 7) is 0. The number of rotatable bonds is 4. The van der Waals surface area contributed by atoms with Gasteiger partial charge in [-0.15, -0.1) is 0 Å². The van der Waals surface area contributed by atoms with Crippen LogP contribution in [0.15, 0.2) is 56.8 Å². The Morgan fingerprint density at radius 1 is 1.16 bits per heavy atom. The van der Waals surface area contributed by atoms with Gasteiger partial charge in [-0.1, -0.05) is 12.1 Å². The van der Waals surface area contributed by atoms with E-state index in [1.54, 1.807) is 26.4 Å². The molecular formula is C18H15BrN2O3S. The van der Waals surface area contributed by atoms with Crippen molar-refractivity contribution >= 4 is 50.5 Å². The zero-order valence-corrected chi connectivity index (χ0v) is 16.0. The number of thioether (sulfide) groups is 1. The van der Waals surface area contributed by atoms with Crippen molar-refractivity contribution in [2.45, 2.75) is 0 Å². The van der Waals surface area contributed by atoms with E-state index in [1.807, 2.05) is 36.4 Å². The van der Waals surface area contributed by atoms with Gasteiger partial charge in [-0.25, -0.2) is 4.99 Å². The smallest absolute Gasteiger partial charge is 0.264 e. The Hall–Kier alpha value is -2.25. The van der Waals surface area contributed by atoms with E-state index in [-0.39, 0.29) is 5.91 Å². The molecule has 1 amide bonds. The molecule has 0 radical (unpaired) electrons. The Kier molecular flexibility index (Phi) is 5.45. The van der Waals surface area contributed by atoms with Gasteiger partial charge in [0.2, 0.25) is 0 Å². The van der Waals surface area contributed by atoms with Gasteiger partial charge in [0, 0.05) is 16.1 Å². The quantitative estimate of drug-likeness (QED) is 0.749. The largest absolute Gasteiger partial charge is 0.497 e. The van der Waals surface area contributed by atoms with Crippen molar-refractivity contribution in [2.24, 2.45) is 4.99 Å². The highest BCUT2D eigenvalue weighted by molar-refractivity contribution is 9.10. The predicted octanol–water partition coefficient (Wildman–Crippen LogP) is 4.36. The summed E-state index contributed by atoms with van der Waals surface area (Å²) in [6.07, 6.45) is 1.78. The summed E-state index contributed by atoms with van der Waals surface area (Å²) in [5.41, 5.74) is 1.55. The molecule has 0 atom stereocenters. The van der Waals surface area contributed by atoms with Gasteiger partial charge >= 0.3 is 0 Å². The topological polar surface area (TPSA) is 59.9 Å². The number of carbonyl (C=O) groups is 1. The van der Waals surface area contributed by atoms with Gasteiger partial charge < -0.3 is 14.8 Å². The number of nitrogens with zero attached hydrogens (tertiary/aromatic N) is 1. The Bertz CT molecular complexity index is 880. The van der Waals surface area contributed by atoms with Crippen LogP contribution in [0.4, 0.5) is 5.69 Å². The number of ether oxygens (including phenoxy) is 2. The molecule has 0 bridgehead atoms. The molecule has 2 aromatic carbocycles. The Morgan fingerprint density at radius 3 is 2.68 bits per heavy atom. The number of amidine groups is 1. The minimum absolute atomic E-state index is 0.186. The SMILES string of the molecule is COc1ccc(C=C2SC(=Nc3ccccc3Br)NC2=O)c(OC)c1. The monoisotopic (exact) mass is 418 g/mol. The molecule has 25 heavy (non-hydrogen) atoms. The molecule has 1 aliphatic heterocycles. The number of methoxy groups -OCH3 is 2. The molecule has 7 heteroatoms. The molecule has 2 aromatic rings. The van der Waals surface area contributed by atoms with Crippen molar-refractivity contribution in [3.05, 3.63) is 57.4 Å². The van der Waals surface area contributed by atoms with E-state index in [0.29, 0.717) is 21.6 Å². The summed E-state index contributed by atoms with van der Waals surface area (Å²) in [4.78, 5) is 17.3. The predicted molar refractivity (Wildman–Crippen MR) is 104 cm³/mol. The van der Waals surface area contributed by atoms with E-state index >= 15 is 0 Å².